The molecule has 0 aromatic heterocycles. The van der Waals surface area contributed by atoms with E-state index in [9.17, 15) is 19.5 Å². The van der Waals surface area contributed by atoms with E-state index in [0.29, 0.717) is 41.9 Å². The van der Waals surface area contributed by atoms with Crippen LogP contribution in [0.4, 0.5) is 17.1 Å². The van der Waals surface area contributed by atoms with Crippen molar-refractivity contribution in [2.45, 2.75) is 75.9 Å². The molecule has 4 aliphatic heterocycles. The van der Waals surface area contributed by atoms with Crippen LogP contribution in [0.2, 0.25) is 18.6 Å². The molecule has 12 heteroatoms. The van der Waals surface area contributed by atoms with Crippen LogP contribution in [0, 0.1) is 5.92 Å². The summed E-state index contributed by atoms with van der Waals surface area (Å²) in [6.07, 6.45) is 1.46. The van der Waals surface area contributed by atoms with Gasteiger partial charge in [-0.15, -0.1) is 0 Å². The van der Waals surface area contributed by atoms with E-state index in [0.717, 1.165) is 28.1 Å². The van der Waals surface area contributed by atoms with Crippen molar-refractivity contribution in [3.63, 3.8) is 0 Å². The lowest BCUT2D eigenvalue weighted by Crippen LogP contribution is -2.46. The van der Waals surface area contributed by atoms with E-state index < -0.39 is 25.9 Å². The van der Waals surface area contributed by atoms with Gasteiger partial charge in [-0.3, -0.25) is 14.4 Å². The molecular formula is C43H45N5O6Si. The summed E-state index contributed by atoms with van der Waals surface area (Å²) in [7, 11) is -2.92. The molecule has 4 atom stereocenters. The summed E-state index contributed by atoms with van der Waals surface area (Å²) in [6.45, 7) is 5.72. The Hall–Kier alpha value is -5.27. The van der Waals surface area contributed by atoms with Gasteiger partial charge in [-0.05, 0) is 66.5 Å². The standard InChI is InChI=1S/C43H45N5O6Si/c1-28-41(55(2,3)53)38(24-25-49)54-43(28)34-26-33(48-40(51)23-20-36(45-48)31-12-8-5-9-13-31)18-21-37(34)46(42(43)52)27-29-14-16-32(17-15-29)47-39(50)22-19-35(44-47)30-10-6-4-7-11-30/h4-18,21,26,28,38,41,49,53H,19-20,22-25,27H2,1-3H3/t28-,38+,41-,43+/m1/s1. The molecule has 0 saturated carbocycles. The van der Waals surface area contributed by atoms with Crippen LogP contribution >= 0.6 is 0 Å². The number of hydrazone groups is 2. The van der Waals surface area contributed by atoms with E-state index in [1.165, 1.54) is 10.0 Å². The molecule has 11 nitrogen and oxygen atoms in total. The largest absolute Gasteiger partial charge is 0.432 e. The Balaban J connectivity index is 1.16. The fourth-order valence-corrected chi connectivity index (χ4v) is 11.5. The zero-order valence-corrected chi connectivity index (χ0v) is 32.3. The number of rotatable bonds is 9. The summed E-state index contributed by atoms with van der Waals surface area (Å²) in [4.78, 5) is 54.7. The molecule has 1 fully saturated rings. The highest BCUT2D eigenvalue weighted by Crippen LogP contribution is 2.60. The van der Waals surface area contributed by atoms with Crippen molar-refractivity contribution in [2.75, 3.05) is 21.5 Å². The van der Waals surface area contributed by atoms with Gasteiger partial charge in [0.05, 0.1) is 41.1 Å². The molecule has 4 aliphatic rings. The normalized spacial score (nSPS) is 24.1. The molecule has 2 N–H and O–H groups in total. The molecular weight excluding hydrogens is 711 g/mol. The van der Waals surface area contributed by atoms with Crippen molar-refractivity contribution in [1.29, 1.82) is 0 Å². The maximum Gasteiger partial charge on any atom is 0.264 e. The third-order valence-electron chi connectivity index (χ3n) is 11.4. The lowest BCUT2D eigenvalue weighted by atomic mass is 9.82. The first-order valence-electron chi connectivity index (χ1n) is 19.0. The van der Waals surface area contributed by atoms with Gasteiger partial charge in [-0.2, -0.15) is 10.2 Å². The number of anilines is 3. The molecule has 3 amide bonds. The molecule has 4 heterocycles. The number of hydrogen-bond acceptors (Lipinski definition) is 8. The molecule has 0 bridgehead atoms. The summed E-state index contributed by atoms with van der Waals surface area (Å²) >= 11 is 0. The summed E-state index contributed by atoms with van der Waals surface area (Å²) in [5.41, 5.74) is 5.00. The van der Waals surface area contributed by atoms with Crippen molar-refractivity contribution in [2.24, 2.45) is 16.1 Å². The van der Waals surface area contributed by atoms with Gasteiger partial charge in [0.2, 0.25) is 11.8 Å². The summed E-state index contributed by atoms with van der Waals surface area (Å²) < 4.78 is 6.85. The van der Waals surface area contributed by atoms with Crippen LogP contribution in [0.3, 0.4) is 0 Å². The second kappa shape index (κ2) is 14.4. The molecule has 282 valence electrons. The van der Waals surface area contributed by atoms with Gasteiger partial charge in [0.15, 0.2) is 13.9 Å². The highest BCUT2D eigenvalue weighted by Gasteiger charge is 2.66. The van der Waals surface area contributed by atoms with Crippen LogP contribution < -0.4 is 14.9 Å². The first-order chi connectivity index (χ1) is 26.5. The van der Waals surface area contributed by atoms with Crippen LogP contribution in [0.1, 0.15) is 61.3 Å². The molecule has 1 spiro atoms. The van der Waals surface area contributed by atoms with E-state index in [1.54, 1.807) is 4.90 Å². The van der Waals surface area contributed by atoms with Crippen molar-refractivity contribution in [3.8, 4) is 0 Å². The van der Waals surface area contributed by atoms with Crippen molar-refractivity contribution < 1.29 is 29.0 Å². The average molecular weight is 756 g/mol. The zero-order valence-electron chi connectivity index (χ0n) is 31.3. The maximum absolute atomic E-state index is 15.0. The monoisotopic (exact) mass is 755 g/mol. The van der Waals surface area contributed by atoms with E-state index in [1.807, 2.05) is 123 Å². The lowest BCUT2D eigenvalue weighted by molar-refractivity contribution is -0.146. The molecule has 8 rings (SSSR count). The van der Waals surface area contributed by atoms with Gasteiger partial charge in [0.1, 0.15) is 0 Å². The number of aliphatic hydroxyl groups excluding tert-OH is 1. The summed E-state index contributed by atoms with van der Waals surface area (Å²) in [5.74, 6) is -0.938. The SMILES string of the molecule is C[C@@H]1[C@@H]([Si](C)(C)O)[C@H](CCO)O[C@@]12C(=O)N(Cc1ccc(N3N=C(c4ccccc4)CCC3=O)cc1)c1ccc(N3N=C(c4ccccc4)CCC3=O)cc12. The first kappa shape index (κ1) is 36.7. The molecule has 0 radical (unpaired) electrons. The minimum Gasteiger partial charge on any atom is -0.432 e. The number of benzene rings is 4. The Labute approximate surface area is 321 Å². The lowest BCUT2D eigenvalue weighted by Gasteiger charge is -2.32. The fourth-order valence-electron chi connectivity index (χ4n) is 8.86. The second-order valence-electron chi connectivity index (χ2n) is 15.4. The summed E-state index contributed by atoms with van der Waals surface area (Å²) in [5, 5.41) is 22.4. The van der Waals surface area contributed by atoms with Crippen LogP contribution in [0.25, 0.3) is 0 Å². The molecule has 0 unspecified atom stereocenters. The molecule has 4 aromatic carbocycles. The predicted molar refractivity (Wildman–Crippen MR) is 214 cm³/mol. The van der Waals surface area contributed by atoms with Crippen LogP contribution in [0.5, 0.6) is 0 Å². The van der Waals surface area contributed by atoms with Crippen molar-refractivity contribution in [3.05, 3.63) is 125 Å². The topological polar surface area (TPSA) is 135 Å². The Morgan fingerprint density at radius 3 is 1.85 bits per heavy atom. The Morgan fingerprint density at radius 2 is 1.31 bits per heavy atom. The smallest absolute Gasteiger partial charge is 0.264 e. The van der Waals surface area contributed by atoms with Gasteiger partial charge >= 0.3 is 0 Å². The van der Waals surface area contributed by atoms with E-state index in [4.69, 9.17) is 14.9 Å². The average Bonchev–Trinajstić information content (AvgIpc) is 3.62. The van der Waals surface area contributed by atoms with E-state index >= 15 is 4.79 Å². The van der Waals surface area contributed by atoms with Crippen LogP contribution in [-0.4, -0.2) is 60.1 Å². The Morgan fingerprint density at radius 1 is 0.764 bits per heavy atom. The predicted octanol–water partition coefficient (Wildman–Crippen LogP) is 6.48. The van der Waals surface area contributed by atoms with Crippen LogP contribution in [-0.2, 0) is 31.3 Å². The third kappa shape index (κ3) is 6.52. The fraction of sp³-hybridized carbons (Fsp3) is 0.326. The summed E-state index contributed by atoms with van der Waals surface area (Å²) in [6, 6.07) is 32.6. The number of hydrogen-bond donors (Lipinski definition) is 2. The van der Waals surface area contributed by atoms with E-state index in [2.05, 4.69) is 0 Å². The molecule has 4 aromatic rings. The highest BCUT2D eigenvalue weighted by molar-refractivity contribution is 6.71. The maximum atomic E-state index is 15.0. The van der Waals surface area contributed by atoms with Gasteiger partial charge in [-0.1, -0.05) is 79.7 Å². The first-order valence-corrected chi connectivity index (χ1v) is 22.0. The number of fused-ring (bicyclic) bond motifs is 2. The molecule has 0 aliphatic carbocycles. The van der Waals surface area contributed by atoms with Crippen molar-refractivity contribution in [1.82, 2.24) is 0 Å². The van der Waals surface area contributed by atoms with Gasteiger partial charge in [-0.25, -0.2) is 10.0 Å². The highest BCUT2D eigenvalue weighted by atomic mass is 28.4. The van der Waals surface area contributed by atoms with Gasteiger partial charge in [0.25, 0.3) is 5.91 Å². The number of aliphatic hydroxyl groups is 1. The van der Waals surface area contributed by atoms with Crippen LogP contribution in [0.15, 0.2) is 113 Å². The quantitative estimate of drug-likeness (QED) is 0.188. The molecule has 1 saturated heterocycles. The molecule has 55 heavy (non-hydrogen) atoms. The zero-order chi connectivity index (χ0) is 38.5. The number of amides is 3. The van der Waals surface area contributed by atoms with Crippen molar-refractivity contribution >= 4 is 54.5 Å². The number of carbonyl (C=O) groups excluding carboxylic acids is 3. The Bertz CT molecular complexity index is 2190. The minimum atomic E-state index is -2.92. The second-order valence-corrected chi connectivity index (χ2v) is 19.3. The third-order valence-corrected chi connectivity index (χ3v) is 13.9. The number of ether oxygens (including phenoxy) is 1. The number of carbonyl (C=O) groups is 3. The Kier molecular flexibility index (Phi) is 9.62. The van der Waals surface area contributed by atoms with Gasteiger partial charge in [0, 0.05) is 49.3 Å². The van der Waals surface area contributed by atoms with Gasteiger partial charge < -0.3 is 19.5 Å². The minimum absolute atomic E-state index is 0.0871. The number of nitrogens with zero attached hydrogens (tertiary/aromatic N) is 5. The van der Waals surface area contributed by atoms with E-state index in [-0.39, 0.29) is 49.3 Å².